The molecule has 0 aliphatic heterocycles. The molecule has 0 saturated carbocycles. The van der Waals surface area contributed by atoms with E-state index < -0.39 is 29.1 Å². The Morgan fingerprint density at radius 2 is 0.270 bits per heavy atom. The van der Waals surface area contributed by atoms with Crippen molar-refractivity contribution in [2.75, 3.05) is 0 Å². The maximum atomic E-state index is 8.42. The molecule has 600 valence electrons. The Morgan fingerprint density at radius 1 is 0.157 bits per heavy atom. The monoisotopic (exact) mass is 1580 g/mol. The van der Waals surface area contributed by atoms with Gasteiger partial charge in [-0.3, -0.25) is 7.32 Å². The first-order chi connectivity index (χ1) is 53.6. The van der Waals surface area contributed by atoms with Crippen molar-refractivity contribution in [1.29, 1.82) is 0 Å². The van der Waals surface area contributed by atoms with Crippen LogP contribution in [-0.4, -0.2) is 7.32 Å². The van der Waals surface area contributed by atoms with Crippen molar-refractivity contribution >= 4 is 92.8 Å². The van der Waals surface area contributed by atoms with E-state index in [1.54, 1.807) is 0 Å². The highest BCUT2D eigenvalue weighted by Gasteiger charge is 2.56. The molecule has 0 radical (unpaired) electrons. The standard InChI is InChI=1S/3C36H44P.BO3/c3*1-34(2,3)30-25-26-31(33(36(7,8)9)32(30)35(4,5)6)37(27-19-13-10-14-20-27,28-21-15-11-16-22-28)29-23-17-12-18-24-29;2-1(3)4/h3*10-26H,1-9H3;/q3*+1;-3. The van der Waals surface area contributed by atoms with E-state index in [1.165, 1.54) is 114 Å². The normalized spacial score (nSPS) is 12.8. The van der Waals surface area contributed by atoms with E-state index >= 15 is 0 Å². The summed E-state index contributed by atoms with van der Waals surface area (Å²) in [5.74, 6) is 0. The van der Waals surface area contributed by atoms with Crippen LogP contribution in [0.25, 0.3) is 0 Å². The predicted molar refractivity (Wildman–Crippen MR) is 508 cm³/mol. The molecule has 0 amide bonds. The van der Waals surface area contributed by atoms with Crippen LogP contribution in [0.1, 0.15) is 237 Å². The summed E-state index contributed by atoms with van der Waals surface area (Å²) in [6.45, 7) is 64.4. The molecule has 0 fully saturated rings. The first-order valence-electron chi connectivity index (χ1n) is 41.3. The Labute approximate surface area is 698 Å². The van der Waals surface area contributed by atoms with Gasteiger partial charge in [-0.25, -0.2) is 0 Å². The van der Waals surface area contributed by atoms with Gasteiger partial charge in [0.15, 0.2) is 0 Å². The lowest BCUT2D eigenvalue weighted by Crippen LogP contribution is -2.56. The predicted octanol–water partition coefficient (Wildman–Crippen LogP) is 20.6. The van der Waals surface area contributed by atoms with Crippen LogP contribution in [0.4, 0.5) is 0 Å². The SMILES string of the molecule is CC(C)(C)c1ccc([P+](c2ccccc2)(c2ccccc2)c2ccccc2)c(C(C)(C)C)c1C(C)(C)C.CC(C)(C)c1ccc([P+](c2ccccc2)(c2ccccc2)c2ccccc2)c(C(C)(C)C)c1C(C)(C)C.CC(C)(C)c1ccc([P+](c2ccccc2)(c2ccccc2)c2ccccc2)c(C(C)(C)C)c1C(C)(C)C.[O-]B([O-])[O-]. The molecule has 12 rings (SSSR count). The van der Waals surface area contributed by atoms with Gasteiger partial charge in [0, 0.05) is 16.7 Å². The molecular weight excluding hydrogens is 1450 g/mol. The van der Waals surface area contributed by atoms with E-state index in [-0.39, 0.29) is 48.7 Å². The van der Waals surface area contributed by atoms with Crippen molar-refractivity contribution in [3.63, 3.8) is 0 Å². The van der Waals surface area contributed by atoms with Crippen LogP contribution in [0.15, 0.2) is 309 Å². The highest BCUT2D eigenvalue weighted by atomic mass is 31.2. The first-order valence-corrected chi connectivity index (χ1v) is 46.7. The first kappa shape index (κ1) is 90.8. The summed E-state index contributed by atoms with van der Waals surface area (Å²) in [4.78, 5) is 0. The Kier molecular flexibility index (Phi) is 28.1. The van der Waals surface area contributed by atoms with Gasteiger partial charge in [-0.2, -0.15) is 0 Å². The summed E-state index contributed by atoms with van der Waals surface area (Å²) >= 11 is 0. The molecule has 115 heavy (non-hydrogen) atoms. The molecule has 0 bridgehead atoms. The van der Waals surface area contributed by atoms with Crippen LogP contribution < -0.4 is 78.7 Å². The fourth-order valence-electron chi connectivity index (χ4n) is 17.6. The van der Waals surface area contributed by atoms with Crippen LogP contribution in [0.5, 0.6) is 0 Å². The summed E-state index contributed by atoms with van der Waals surface area (Å²) in [5.41, 5.74) is 13.5. The number of hydrogen-bond acceptors (Lipinski definition) is 3. The Hall–Kier alpha value is -8.13. The summed E-state index contributed by atoms with van der Waals surface area (Å²) in [6.07, 6.45) is 0. The minimum atomic E-state index is -2.92. The van der Waals surface area contributed by atoms with Gasteiger partial charge in [-0.15, -0.1) is 0 Å². The third-order valence-electron chi connectivity index (χ3n) is 21.8. The van der Waals surface area contributed by atoms with Crippen LogP contribution in [-0.2, 0) is 48.7 Å². The molecule has 0 aliphatic rings. The average Bonchev–Trinajstić information content (AvgIpc) is 0.717. The van der Waals surface area contributed by atoms with E-state index in [1.807, 2.05) is 0 Å². The Morgan fingerprint density at radius 3 is 0.365 bits per heavy atom. The fourth-order valence-corrected chi connectivity index (χ4v) is 31.6. The van der Waals surface area contributed by atoms with E-state index in [4.69, 9.17) is 15.1 Å². The van der Waals surface area contributed by atoms with Gasteiger partial charge in [0.25, 0.3) is 0 Å². The van der Waals surface area contributed by atoms with Gasteiger partial charge in [0.2, 0.25) is 0 Å². The Bertz CT molecular complexity index is 4290. The lowest BCUT2D eigenvalue weighted by Gasteiger charge is -2.40. The lowest BCUT2D eigenvalue weighted by molar-refractivity contribution is -0.479. The van der Waals surface area contributed by atoms with Crippen molar-refractivity contribution in [2.45, 2.75) is 236 Å². The third-order valence-corrected chi connectivity index (χ3v) is 34.8. The van der Waals surface area contributed by atoms with E-state index in [2.05, 4.69) is 496 Å². The highest BCUT2D eigenvalue weighted by Crippen LogP contribution is 2.61. The van der Waals surface area contributed by atoms with Gasteiger partial charge in [0.1, 0.15) is 85.4 Å². The van der Waals surface area contributed by atoms with Crippen LogP contribution in [0.2, 0.25) is 0 Å². The maximum Gasteiger partial charge on any atom is 0.144 e. The molecule has 0 spiro atoms. The quantitative estimate of drug-likeness (QED) is 0.0904. The molecule has 12 aromatic rings. The lowest BCUT2D eigenvalue weighted by atomic mass is 9.69. The molecule has 3 nitrogen and oxygen atoms in total. The fraction of sp³-hybridized carbons (Fsp3) is 0.333. The van der Waals surface area contributed by atoms with Gasteiger partial charge in [-0.05, 0) is 210 Å². The topological polar surface area (TPSA) is 69.2 Å². The second-order valence-corrected chi connectivity index (χ2v) is 50.3. The molecular formula is C108H132BO3P3. The highest BCUT2D eigenvalue weighted by molar-refractivity contribution is 8.02. The maximum absolute atomic E-state index is 8.42. The molecule has 0 unspecified atom stereocenters. The number of rotatable bonds is 12. The van der Waals surface area contributed by atoms with Gasteiger partial charge >= 0.3 is 0 Å². The van der Waals surface area contributed by atoms with Crippen molar-refractivity contribution in [1.82, 2.24) is 0 Å². The van der Waals surface area contributed by atoms with Gasteiger partial charge < -0.3 is 15.1 Å². The Balaban J connectivity index is 0.000000193. The summed E-state index contributed by atoms with van der Waals surface area (Å²) in [6, 6.07) is 116. The van der Waals surface area contributed by atoms with Crippen molar-refractivity contribution in [3.8, 4) is 0 Å². The molecule has 12 aromatic carbocycles. The van der Waals surface area contributed by atoms with E-state index in [0.717, 1.165) is 0 Å². The van der Waals surface area contributed by atoms with Crippen LogP contribution in [0.3, 0.4) is 0 Å². The second kappa shape index (κ2) is 35.6. The smallest absolute Gasteiger partial charge is 0.144 e. The minimum absolute atomic E-state index is 0.000953. The summed E-state index contributed by atoms with van der Waals surface area (Å²) in [5, 5.41) is 42.3. The number of benzene rings is 12. The zero-order valence-electron chi connectivity index (χ0n) is 74.6. The van der Waals surface area contributed by atoms with Crippen LogP contribution >= 0.6 is 21.8 Å². The number of hydrogen-bond donors (Lipinski definition) is 0. The summed E-state index contributed by atoms with van der Waals surface area (Å²) < 4.78 is 0. The summed E-state index contributed by atoms with van der Waals surface area (Å²) in [7, 11) is -9.54. The zero-order valence-corrected chi connectivity index (χ0v) is 77.3. The average molecular weight is 1580 g/mol. The van der Waals surface area contributed by atoms with Gasteiger partial charge in [0.05, 0.1) is 0 Å². The molecule has 7 heteroatoms. The molecule has 0 N–H and O–H groups in total. The minimum Gasteiger partial charge on any atom is -0.907 e. The van der Waals surface area contributed by atoms with Crippen molar-refractivity contribution in [3.05, 3.63) is 359 Å². The van der Waals surface area contributed by atoms with Gasteiger partial charge in [-0.1, -0.05) is 369 Å². The molecule has 0 atom stereocenters. The van der Waals surface area contributed by atoms with E-state index in [9.17, 15) is 0 Å². The zero-order chi connectivity index (χ0) is 84.8. The van der Waals surface area contributed by atoms with Crippen LogP contribution in [0, 0.1) is 0 Å². The molecule has 0 saturated heterocycles. The van der Waals surface area contributed by atoms with E-state index in [0.29, 0.717) is 0 Å². The largest absolute Gasteiger partial charge is 0.907 e. The van der Waals surface area contributed by atoms with Crippen molar-refractivity contribution in [2.24, 2.45) is 0 Å². The molecule has 0 heterocycles. The molecule has 0 aliphatic carbocycles. The third kappa shape index (κ3) is 19.7. The molecule has 0 aromatic heterocycles. The second-order valence-electron chi connectivity index (χ2n) is 40.2. The van der Waals surface area contributed by atoms with Crippen molar-refractivity contribution < 1.29 is 15.1 Å².